The van der Waals surface area contributed by atoms with E-state index in [9.17, 15) is 5.11 Å². The van der Waals surface area contributed by atoms with Gasteiger partial charge in [-0.05, 0) is 47.5 Å². The normalized spacial score (nSPS) is 10.8. The number of rotatable bonds is 5. The highest BCUT2D eigenvalue weighted by Gasteiger charge is 2.01. The molecule has 3 aromatic carbocycles. The number of hydrogen-bond acceptors (Lipinski definition) is 4. The lowest BCUT2D eigenvalue weighted by Gasteiger charge is -2.01. The van der Waals surface area contributed by atoms with Gasteiger partial charge in [0.25, 0.3) is 0 Å². The summed E-state index contributed by atoms with van der Waals surface area (Å²) in [4.78, 5) is 0. The number of halogens is 1. The summed E-state index contributed by atoms with van der Waals surface area (Å²) < 4.78 is 0. The monoisotopic (exact) mass is 378 g/mol. The third-order valence-corrected chi connectivity index (χ3v) is 3.72. The third-order valence-electron chi connectivity index (χ3n) is 3.72. The minimum atomic E-state index is 0. The largest absolute Gasteiger partial charge is 0.506 e. The second-order valence-electron chi connectivity index (χ2n) is 5.65. The zero-order valence-corrected chi connectivity index (χ0v) is 15.2. The van der Waals surface area contributed by atoms with E-state index in [2.05, 4.69) is 10.2 Å². The van der Waals surface area contributed by atoms with E-state index in [4.69, 9.17) is 11.1 Å². The van der Waals surface area contributed by atoms with Crippen molar-refractivity contribution >= 4 is 41.8 Å². The lowest BCUT2D eigenvalue weighted by molar-refractivity contribution is 0.476. The van der Waals surface area contributed by atoms with Crippen molar-refractivity contribution in [2.24, 2.45) is 16.0 Å². The molecular weight excluding hydrogens is 360 g/mol. The van der Waals surface area contributed by atoms with Crippen LogP contribution in [0.25, 0.3) is 12.2 Å². The van der Waals surface area contributed by atoms with Crippen molar-refractivity contribution in [3.8, 4) is 5.75 Å². The fourth-order valence-electron chi connectivity index (χ4n) is 2.30. The van der Waals surface area contributed by atoms with Gasteiger partial charge in [-0.25, -0.2) is 0 Å². The van der Waals surface area contributed by atoms with Crippen LogP contribution in [-0.4, -0.2) is 10.9 Å². The highest BCUT2D eigenvalue weighted by Crippen LogP contribution is 2.29. The van der Waals surface area contributed by atoms with E-state index in [1.165, 1.54) is 0 Å². The Morgan fingerprint density at radius 1 is 0.852 bits per heavy atom. The summed E-state index contributed by atoms with van der Waals surface area (Å²) in [6.45, 7) is 0. The minimum Gasteiger partial charge on any atom is -0.506 e. The molecule has 0 atom stereocenters. The standard InChI is InChI=1S/C21H18N4O.ClH/c22-21(23)17-9-11-18(12-10-17)24-25-19-14-16(8-13-20(19)26)7-6-15-4-2-1-3-5-15;/h1-14,26H,(H3,22,23);1H/b7-6+,25-24?;. The van der Waals surface area contributed by atoms with Crippen LogP contribution >= 0.6 is 12.4 Å². The molecular formula is C21H19ClN4O. The van der Waals surface area contributed by atoms with Crippen LogP contribution < -0.4 is 5.73 Å². The van der Waals surface area contributed by atoms with Crippen LogP contribution in [0.15, 0.2) is 83.0 Å². The Morgan fingerprint density at radius 2 is 1.52 bits per heavy atom. The van der Waals surface area contributed by atoms with Gasteiger partial charge in [-0.3, -0.25) is 5.41 Å². The Balaban J connectivity index is 0.00000261. The van der Waals surface area contributed by atoms with E-state index >= 15 is 0 Å². The number of phenolic OH excluding ortho intramolecular Hbond substituents is 1. The molecule has 4 N–H and O–H groups in total. The van der Waals surface area contributed by atoms with Crippen molar-refractivity contribution < 1.29 is 5.11 Å². The smallest absolute Gasteiger partial charge is 0.143 e. The maximum absolute atomic E-state index is 9.99. The number of hydrogen-bond donors (Lipinski definition) is 3. The fraction of sp³-hybridized carbons (Fsp3) is 0. The number of amidine groups is 1. The van der Waals surface area contributed by atoms with E-state index in [0.717, 1.165) is 11.1 Å². The van der Waals surface area contributed by atoms with Crippen LogP contribution in [0.1, 0.15) is 16.7 Å². The van der Waals surface area contributed by atoms with E-state index in [0.29, 0.717) is 16.9 Å². The van der Waals surface area contributed by atoms with Gasteiger partial charge in [0.1, 0.15) is 17.3 Å². The zero-order valence-electron chi connectivity index (χ0n) is 14.4. The Labute approximate surface area is 163 Å². The molecule has 0 spiro atoms. The molecule has 0 saturated heterocycles. The highest BCUT2D eigenvalue weighted by molar-refractivity contribution is 5.95. The Kier molecular flexibility index (Phi) is 6.86. The zero-order chi connectivity index (χ0) is 18.4. The summed E-state index contributed by atoms with van der Waals surface area (Å²) in [5, 5.41) is 25.6. The Bertz CT molecular complexity index is 967. The molecule has 27 heavy (non-hydrogen) atoms. The predicted octanol–water partition coefficient (Wildman–Crippen LogP) is 5.68. The maximum Gasteiger partial charge on any atom is 0.143 e. The van der Waals surface area contributed by atoms with Gasteiger partial charge in [-0.15, -0.1) is 17.5 Å². The minimum absolute atomic E-state index is 0. The number of benzene rings is 3. The Hall–Kier alpha value is -3.44. The second-order valence-corrected chi connectivity index (χ2v) is 5.65. The summed E-state index contributed by atoms with van der Waals surface area (Å²) in [7, 11) is 0. The summed E-state index contributed by atoms with van der Waals surface area (Å²) in [5.41, 5.74) is 9.05. The van der Waals surface area contributed by atoms with Crippen LogP contribution in [0.4, 0.5) is 11.4 Å². The molecule has 0 heterocycles. The van der Waals surface area contributed by atoms with Crippen LogP contribution in [0.5, 0.6) is 5.75 Å². The molecule has 0 amide bonds. The summed E-state index contributed by atoms with van der Waals surface area (Å²) >= 11 is 0. The van der Waals surface area contributed by atoms with Crippen molar-refractivity contribution in [1.82, 2.24) is 0 Å². The molecule has 0 aromatic heterocycles. The number of nitrogen functional groups attached to an aromatic ring is 1. The number of aromatic hydroxyl groups is 1. The first-order chi connectivity index (χ1) is 12.6. The molecule has 0 bridgehead atoms. The van der Waals surface area contributed by atoms with Crippen LogP contribution in [-0.2, 0) is 0 Å². The highest BCUT2D eigenvalue weighted by atomic mass is 35.5. The van der Waals surface area contributed by atoms with Crippen molar-refractivity contribution in [2.75, 3.05) is 0 Å². The van der Waals surface area contributed by atoms with Gasteiger partial charge in [-0.2, -0.15) is 5.11 Å². The molecule has 0 aliphatic heterocycles. The number of azo groups is 1. The second kappa shape index (κ2) is 9.31. The fourth-order valence-corrected chi connectivity index (χ4v) is 2.30. The van der Waals surface area contributed by atoms with E-state index < -0.39 is 0 Å². The first-order valence-electron chi connectivity index (χ1n) is 8.04. The Morgan fingerprint density at radius 3 is 2.19 bits per heavy atom. The number of phenols is 1. The van der Waals surface area contributed by atoms with E-state index in [1.54, 1.807) is 36.4 Å². The molecule has 0 aliphatic rings. The molecule has 6 heteroatoms. The van der Waals surface area contributed by atoms with Crippen molar-refractivity contribution in [3.63, 3.8) is 0 Å². The maximum atomic E-state index is 9.99. The summed E-state index contributed by atoms with van der Waals surface area (Å²) in [5.74, 6) is 0.0648. The number of nitrogens with one attached hydrogen (secondary N) is 1. The van der Waals surface area contributed by atoms with Crippen molar-refractivity contribution in [2.45, 2.75) is 0 Å². The molecule has 136 valence electrons. The SMILES string of the molecule is Cl.N=C(N)c1ccc(N=Nc2cc(/C=C/c3ccccc3)ccc2O)cc1. The summed E-state index contributed by atoms with van der Waals surface area (Å²) in [6.07, 6.45) is 3.95. The first-order valence-corrected chi connectivity index (χ1v) is 8.04. The number of nitrogens with two attached hydrogens (primary N) is 1. The van der Waals surface area contributed by atoms with Gasteiger partial charge < -0.3 is 10.8 Å². The molecule has 3 rings (SSSR count). The van der Waals surface area contributed by atoms with E-state index in [-0.39, 0.29) is 24.0 Å². The van der Waals surface area contributed by atoms with Gasteiger partial charge in [0.2, 0.25) is 0 Å². The topological polar surface area (TPSA) is 94.8 Å². The predicted molar refractivity (Wildman–Crippen MR) is 112 cm³/mol. The van der Waals surface area contributed by atoms with Gasteiger partial charge in [0, 0.05) is 5.56 Å². The van der Waals surface area contributed by atoms with Gasteiger partial charge >= 0.3 is 0 Å². The van der Waals surface area contributed by atoms with Crippen LogP contribution in [0, 0.1) is 5.41 Å². The lowest BCUT2D eigenvalue weighted by Crippen LogP contribution is -2.10. The van der Waals surface area contributed by atoms with Crippen LogP contribution in [0.3, 0.4) is 0 Å². The average Bonchev–Trinajstić information content (AvgIpc) is 2.67. The van der Waals surface area contributed by atoms with Gasteiger partial charge in [0.15, 0.2) is 0 Å². The third kappa shape index (κ3) is 5.52. The molecule has 0 radical (unpaired) electrons. The van der Waals surface area contributed by atoms with Gasteiger partial charge in [0.05, 0.1) is 5.69 Å². The first kappa shape index (κ1) is 19.9. The molecule has 0 fully saturated rings. The lowest BCUT2D eigenvalue weighted by atomic mass is 10.1. The molecule has 5 nitrogen and oxygen atoms in total. The number of nitrogens with zero attached hydrogens (tertiary/aromatic N) is 2. The molecule has 3 aromatic rings. The molecule has 0 saturated carbocycles. The average molecular weight is 379 g/mol. The van der Waals surface area contributed by atoms with Gasteiger partial charge in [-0.1, -0.05) is 48.6 Å². The van der Waals surface area contributed by atoms with Crippen LogP contribution in [0.2, 0.25) is 0 Å². The van der Waals surface area contributed by atoms with Crippen molar-refractivity contribution in [1.29, 1.82) is 5.41 Å². The molecule has 0 unspecified atom stereocenters. The summed E-state index contributed by atoms with van der Waals surface area (Å²) in [6, 6.07) is 22.0. The molecule has 0 aliphatic carbocycles. The van der Waals surface area contributed by atoms with E-state index in [1.807, 2.05) is 48.6 Å². The van der Waals surface area contributed by atoms with Crippen molar-refractivity contribution in [3.05, 3.63) is 89.5 Å². The quantitative estimate of drug-likeness (QED) is 0.230.